The molecular weight excluding hydrogens is 252 g/mol. The molecule has 2 heterocycles. The van der Waals surface area contributed by atoms with E-state index in [9.17, 15) is 4.79 Å². The fourth-order valence-corrected chi connectivity index (χ4v) is 2.09. The number of rotatable bonds is 4. The number of nitrogens with two attached hydrogens (primary N) is 1. The average molecular weight is 264 g/mol. The number of aryl methyl sites for hydroxylation is 1. The molecule has 0 aliphatic heterocycles. The molecule has 3 N–H and O–H groups in total. The number of carbonyl (C=O) groups excluding carboxylic acids is 1. The predicted molar refractivity (Wildman–Crippen MR) is 66.7 cm³/mol. The molecular formula is C11H12N4O2S. The molecule has 0 unspecified atom stereocenters. The number of carbonyl (C=O) groups is 1. The van der Waals surface area contributed by atoms with Crippen molar-refractivity contribution in [3.05, 3.63) is 41.6 Å². The fraction of sp³-hybridized carbons (Fsp3) is 0.182. The van der Waals surface area contributed by atoms with Gasteiger partial charge in [-0.3, -0.25) is 10.2 Å². The van der Waals surface area contributed by atoms with E-state index in [0.717, 1.165) is 5.56 Å². The molecule has 1 amide bonds. The van der Waals surface area contributed by atoms with E-state index >= 15 is 0 Å². The van der Waals surface area contributed by atoms with Crippen molar-refractivity contribution in [3.63, 3.8) is 0 Å². The Bertz CT molecular complexity index is 541. The van der Waals surface area contributed by atoms with Crippen LogP contribution in [0.4, 0.5) is 0 Å². The summed E-state index contributed by atoms with van der Waals surface area (Å²) in [6, 6.07) is 3.56. The lowest BCUT2D eigenvalue weighted by atomic mass is 10.2. The van der Waals surface area contributed by atoms with Crippen LogP contribution >= 0.6 is 11.8 Å². The molecule has 0 saturated heterocycles. The second kappa shape index (κ2) is 5.65. The van der Waals surface area contributed by atoms with Crippen LogP contribution in [0, 0.1) is 6.92 Å². The second-order valence-electron chi connectivity index (χ2n) is 3.52. The van der Waals surface area contributed by atoms with E-state index in [1.807, 2.05) is 5.43 Å². The summed E-state index contributed by atoms with van der Waals surface area (Å²) in [4.78, 5) is 19.5. The SMILES string of the molecule is Cc1cc(CSc2ncccn2)oc1C(=O)NN. The number of thioether (sulfide) groups is 1. The van der Waals surface area contributed by atoms with Crippen molar-refractivity contribution in [2.45, 2.75) is 17.8 Å². The summed E-state index contributed by atoms with van der Waals surface area (Å²) in [5, 5.41) is 0.663. The van der Waals surface area contributed by atoms with Gasteiger partial charge >= 0.3 is 5.91 Å². The minimum Gasteiger partial charge on any atom is -0.455 e. The monoisotopic (exact) mass is 264 g/mol. The molecule has 0 saturated carbocycles. The lowest BCUT2D eigenvalue weighted by Gasteiger charge is -1.97. The summed E-state index contributed by atoms with van der Waals surface area (Å²) in [6.07, 6.45) is 3.35. The number of hydrazine groups is 1. The Morgan fingerprint density at radius 2 is 2.22 bits per heavy atom. The highest BCUT2D eigenvalue weighted by Crippen LogP contribution is 2.22. The zero-order valence-corrected chi connectivity index (χ0v) is 10.5. The van der Waals surface area contributed by atoms with Crippen molar-refractivity contribution in [1.82, 2.24) is 15.4 Å². The first-order valence-corrected chi connectivity index (χ1v) is 6.19. The fourth-order valence-electron chi connectivity index (χ4n) is 1.41. The molecule has 7 heteroatoms. The molecule has 0 bridgehead atoms. The molecule has 2 aromatic heterocycles. The van der Waals surface area contributed by atoms with Crippen LogP contribution in [0.3, 0.4) is 0 Å². The van der Waals surface area contributed by atoms with Crippen molar-refractivity contribution >= 4 is 17.7 Å². The first-order valence-electron chi connectivity index (χ1n) is 5.21. The van der Waals surface area contributed by atoms with E-state index in [1.54, 1.807) is 31.5 Å². The highest BCUT2D eigenvalue weighted by molar-refractivity contribution is 7.98. The van der Waals surface area contributed by atoms with Crippen LogP contribution in [0.15, 0.2) is 34.1 Å². The van der Waals surface area contributed by atoms with E-state index in [-0.39, 0.29) is 5.76 Å². The number of nitrogen functional groups attached to an aromatic ring is 1. The number of nitrogens with one attached hydrogen (secondary N) is 1. The molecule has 0 atom stereocenters. The van der Waals surface area contributed by atoms with Crippen molar-refractivity contribution in [1.29, 1.82) is 0 Å². The van der Waals surface area contributed by atoms with Crippen LogP contribution in [0.2, 0.25) is 0 Å². The Labute approximate surface area is 108 Å². The molecule has 2 aromatic rings. The molecule has 6 nitrogen and oxygen atoms in total. The molecule has 0 spiro atoms. The highest BCUT2D eigenvalue weighted by Gasteiger charge is 2.14. The number of hydrogen-bond donors (Lipinski definition) is 2. The highest BCUT2D eigenvalue weighted by atomic mass is 32.2. The maximum absolute atomic E-state index is 11.4. The lowest BCUT2D eigenvalue weighted by molar-refractivity contribution is 0.0923. The third-order valence-corrected chi connectivity index (χ3v) is 3.09. The molecule has 2 rings (SSSR count). The van der Waals surface area contributed by atoms with Gasteiger partial charge in [0.1, 0.15) is 5.76 Å². The standard InChI is InChI=1S/C11H12N4O2S/c1-7-5-8(17-9(7)10(16)15-12)6-18-11-13-3-2-4-14-11/h2-5H,6,12H2,1H3,(H,15,16). The van der Waals surface area contributed by atoms with Gasteiger partial charge in [0.2, 0.25) is 0 Å². The Morgan fingerprint density at radius 1 is 1.50 bits per heavy atom. The predicted octanol–water partition coefficient (Wildman–Crippen LogP) is 1.27. The smallest absolute Gasteiger partial charge is 0.301 e. The van der Waals surface area contributed by atoms with Crippen LogP contribution in [0.5, 0.6) is 0 Å². The number of aromatic nitrogens is 2. The zero-order chi connectivity index (χ0) is 13.0. The van der Waals surface area contributed by atoms with Gasteiger partial charge in [0.05, 0.1) is 5.75 Å². The first kappa shape index (κ1) is 12.6. The Balaban J connectivity index is 2.05. The van der Waals surface area contributed by atoms with Gasteiger partial charge in [-0.15, -0.1) is 0 Å². The molecule has 0 aromatic carbocycles. The molecule has 18 heavy (non-hydrogen) atoms. The molecule has 0 aliphatic carbocycles. The summed E-state index contributed by atoms with van der Waals surface area (Å²) in [6.45, 7) is 1.79. The van der Waals surface area contributed by atoms with Gasteiger partial charge in [-0.25, -0.2) is 15.8 Å². The van der Waals surface area contributed by atoms with Crippen molar-refractivity contribution in [2.24, 2.45) is 5.84 Å². The minimum absolute atomic E-state index is 0.238. The van der Waals surface area contributed by atoms with Crippen LogP contribution in [0.25, 0.3) is 0 Å². The second-order valence-corrected chi connectivity index (χ2v) is 4.46. The van der Waals surface area contributed by atoms with Crippen LogP contribution in [0.1, 0.15) is 21.9 Å². The minimum atomic E-state index is -0.431. The maximum Gasteiger partial charge on any atom is 0.301 e. The number of furan rings is 1. The van der Waals surface area contributed by atoms with Gasteiger partial charge in [0.15, 0.2) is 10.9 Å². The van der Waals surface area contributed by atoms with Crippen LogP contribution in [-0.2, 0) is 5.75 Å². The van der Waals surface area contributed by atoms with Gasteiger partial charge in [-0.1, -0.05) is 11.8 Å². The van der Waals surface area contributed by atoms with Gasteiger partial charge < -0.3 is 4.42 Å². The Morgan fingerprint density at radius 3 is 2.89 bits per heavy atom. The normalized spacial score (nSPS) is 10.3. The van der Waals surface area contributed by atoms with Gasteiger partial charge in [0.25, 0.3) is 0 Å². The number of amides is 1. The molecule has 0 radical (unpaired) electrons. The number of nitrogens with zero attached hydrogens (tertiary/aromatic N) is 2. The Kier molecular flexibility index (Phi) is 3.96. The zero-order valence-electron chi connectivity index (χ0n) is 9.71. The van der Waals surface area contributed by atoms with Gasteiger partial charge in [0, 0.05) is 18.0 Å². The van der Waals surface area contributed by atoms with E-state index in [1.165, 1.54) is 11.8 Å². The number of hydrogen-bond acceptors (Lipinski definition) is 6. The molecule has 0 aliphatic rings. The summed E-state index contributed by atoms with van der Waals surface area (Å²) < 4.78 is 5.42. The van der Waals surface area contributed by atoms with Crippen molar-refractivity contribution in [2.75, 3.05) is 0 Å². The summed E-state index contributed by atoms with van der Waals surface area (Å²) >= 11 is 1.44. The first-order chi connectivity index (χ1) is 8.70. The Hall–Kier alpha value is -1.86. The lowest BCUT2D eigenvalue weighted by Crippen LogP contribution is -2.30. The molecule has 94 valence electrons. The van der Waals surface area contributed by atoms with Crippen LogP contribution < -0.4 is 11.3 Å². The largest absolute Gasteiger partial charge is 0.455 e. The van der Waals surface area contributed by atoms with Gasteiger partial charge in [-0.05, 0) is 19.1 Å². The summed E-state index contributed by atoms with van der Waals surface area (Å²) in [7, 11) is 0. The van der Waals surface area contributed by atoms with E-state index in [4.69, 9.17) is 10.3 Å². The maximum atomic E-state index is 11.4. The average Bonchev–Trinajstić information content (AvgIpc) is 2.78. The summed E-state index contributed by atoms with van der Waals surface area (Å²) in [5.74, 6) is 6.11. The van der Waals surface area contributed by atoms with E-state index < -0.39 is 5.91 Å². The van der Waals surface area contributed by atoms with Crippen molar-refractivity contribution in [3.8, 4) is 0 Å². The van der Waals surface area contributed by atoms with E-state index in [2.05, 4.69) is 9.97 Å². The third-order valence-electron chi connectivity index (χ3n) is 2.19. The van der Waals surface area contributed by atoms with Crippen molar-refractivity contribution < 1.29 is 9.21 Å². The van der Waals surface area contributed by atoms with Crippen LogP contribution in [-0.4, -0.2) is 15.9 Å². The molecule has 0 fully saturated rings. The van der Waals surface area contributed by atoms with Gasteiger partial charge in [-0.2, -0.15) is 0 Å². The topological polar surface area (TPSA) is 94.0 Å². The third kappa shape index (κ3) is 2.88. The summed E-state index contributed by atoms with van der Waals surface area (Å²) in [5.41, 5.74) is 2.80. The van der Waals surface area contributed by atoms with E-state index in [0.29, 0.717) is 16.7 Å². The quantitative estimate of drug-likeness (QED) is 0.284.